The zero-order valence-corrected chi connectivity index (χ0v) is 19.9. The molecule has 4 aromatic carbocycles. The van der Waals surface area contributed by atoms with Gasteiger partial charge in [-0.05, 0) is 34.9 Å². The number of rotatable bonds is 9. The second-order valence-corrected chi connectivity index (χ2v) is 9.73. The molecule has 1 amide bonds. The predicted molar refractivity (Wildman–Crippen MR) is 137 cm³/mol. The van der Waals surface area contributed by atoms with Crippen molar-refractivity contribution in [3.05, 3.63) is 136 Å². The molecule has 0 unspecified atom stereocenters. The van der Waals surface area contributed by atoms with E-state index in [9.17, 15) is 23.3 Å². The van der Waals surface area contributed by atoms with Gasteiger partial charge in [-0.1, -0.05) is 84.9 Å². The molecule has 0 spiro atoms. The molecule has 0 aliphatic heterocycles. The Hall–Kier alpha value is -4.34. The van der Waals surface area contributed by atoms with E-state index in [-0.39, 0.29) is 12.5 Å². The van der Waals surface area contributed by atoms with Gasteiger partial charge in [0, 0.05) is 18.3 Å². The van der Waals surface area contributed by atoms with Crippen LogP contribution in [0.4, 0.5) is 11.4 Å². The van der Waals surface area contributed by atoms with E-state index in [0.29, 0.717) is 11.3 Å². The number of benzene rings is 4. The van der Waals surface area contributed by atoms with Crippen LogP contribution in [0.5, 0.6) is 0 Å². The molecule has 0 aliphatic rings. The second kappa shape index (κ2) is 10.9. The Morgan fingerprint density at radius 1 is 0.778 bits per heavy atom. The molecule has 0 aliphatic carbocycles. The predicted octanol–water partition coefficient (Wildman–Crippen LogP) is 4.84. The quantitative estimate of drug-likeness (QED) is 0.251. The summed E-state index contributed by atoms with van der Waals surface area (Å²) >= 11 is 0. The molecule has 182 valence electrons. The van der Waals surface area contributed by atoms with E-state index < -0.39 is 31.4 Å². The normalized spacial score (nSPS) is 11.2. The lowest BCUT2D eigenvalue weighted by atomic mass is 9.90. The smallest absolute Gasteiger partial charge is 0.289 e. The number of nitro groups is 1. The Balaban J connectivity index is 1.46. The standard InChI is InChI=1S/C27H23N3O5S/c31-27(26(21-9-3-1-4-10-21)22-11-5-2-6-12-22)29-23-17-15-20(16-18-23)19-28-36(34,35)25-14-8-7-13-24(25)30(32)33/h1-18,26,28H,19H2,(H,29,31). The van der Waals surface area contributed by atoms with Gasteiger partial charge in [-0.15, -0.1) is 0 Å². The summed E-state index contributed by atoms with van der Waals surface area (Å²) in [6.07, 6.45) is 0. The maximum atomic E-state index is 13.2. The van der Waals surface area contributed by atoms with Crippen LogP contribution in [0.1, 0.15) is 22.6 Å². The highest BCUT2D eigenvalue weighted by molar-refractivity contribution is 7.89. The van der Waals surface area contributed by atoms with Crippen molar-refractivity contribution < 1.29 is 18.1 Å². The molecular weight excluding hydrogens is 478 g/mol. The lowest BCUT2D eigenvalue weighted by Crippen LogP contribution is -2.24. The van der Waals surface area contributed by atoms with Crippen molar-refractivity contribution in [2.75, 3.05) is 5.32 Å². The molecule has 8 nitrogen and oxygen atoms in total. The molecule has 0 aromatic heterocycles. The van der Waals surface area contributed by atoms with Gasteiger partial charge in [0.15, 0.2) is 4.90 Å². The monoisotopic (exact) mass is 501 g/mol. The minimum Gasteiger partial charge on any atom is -0.325 e. The number of nitro benzene ring substituents is 1. The molecule has 0 heterocycles. The minimum absolute atomic E-state index is 0.0702. The Morgan fingerprint density at radius 2 is 1.31 bits per heavy atom. The summed E-state index contributed by atoms with van der Waals surface area (Å²) in [5.74, 6) is -0.696. The number of nitrogens with one attached hydrogen (secondary N) is 2. The van der Waals surface area contributed by atoms with Crippen molar-refractivity contribution in [3.63, 3.8) is 0 Å². The van der Waals surface area contributed by atoms with E-state index in [0.717, 1.165) is 17.2 Å². The van der Waals surface area contributed by atoms with Crippen molar-refractivity contribution in [3.8, 4) is 0 Å². The van der Waals surface area contributed by atoms with E-state index in [1.54, 1.807) is 24.3 Å². The minimum atomic E-state index is -4.10. The van der Waals surface area contributed by atoms with Gasteiger partial charge in [0.1, 0.15) is 0 Å². The van der Waals surface area contributed by atoms with Gasteiger partial charge in [-0.2, -0.15) is 0 Å². The number of hydrogen-bond acceptors (Lipinski definition) is 5. The Bertz CT molecular complexity index is 1420. The number of nitrogens with zero attached hydrogens (tertiary/aromatic N) is 1. The summed E-state index contributed by atoms with van der Waals surface area (Å²) < 4.78 is 27.6. The SMILES string of the molecule is O=C(Nc1ccc(CNS(=O)(=O)c2ccccc2[N+](=O)[O-])cc1)C(c1ccccc1)c1ccccc1. The van der Waals surface area contributed by atoms with Crippen LogP contribution >= 0.6 is 0 Å². The lowest BCUT2D eigenvalue weighted by molar-refractivity contribution is -0.387. The number of carbonyl (C=O) groups is 1. The summed E-state index contributed by atoms with van der Waals surface area (Å²) in [7, 11) is -4.10. The number of sulfonamides is 1. The third-order valence-electron chi connectivity index (χ3n) is 5.57. The molecule has 4 aromatic rings. The van der Waals surface area contributed by atoms with E-state index >= 15 is 0 Å². The van der Waals surface area contributed by atoms with E-state index in [2.05, 4.69) is 10.0 Å². The maximum absolute atomic E-state index is 13.2. The van der Waals surface area contributed by atoms with Crippen LogP contribution in [0, 0.1) is 10.1 Å². The average molecular weight is 502 g/mol. The molecule has 2 N–H and O–H groups in total. The first kappa shape index (κ1) is 24.8. The molecule has 0 saturated carbocycles. The zero-order chi connectivity index (χ0) is 25.5. The molecule has 36 heavy (non-hydrogen) atoms. The first-order chi connectivity index (χ1) is 17.3. The number of anilines is 1. The summed E-state index contributed by atoms with van der Waals surface area (Å²) in [6.45, 7) is -0.0702. The van der Waals surface area contributed by atoms with Gasteiger partial charge in [-0.25, -0.2) is 13.1 Å². The Morgan fingerprint density at radius 3 is 1.86 bits per heavy atom. The highest BCUT2D eigenvalue weighted by Crippen LogP contribution is 2.27. The van der Waals surface area contributed by atoms with E-state index in [1.165, 1.54) is 18.2 Å². The van der Waals surface area contributed by atoms with Crippen LogP contribution in [-0.4, -0.2) is 19.2 Å². The molecule has 9 heteroatoms. The van der Waals surface area contributed by atoms with Crippen molar-refractivity contribution >= 4 is 27.3 Å². The van der Waals surface area contributed by atoms with Crippen LogP contribution < -0.4 is 10.0 Å². The van der Waals surface area contributed by atoms with E-state index in [1.807, 2.05) is 60.7 Å². The highest BCUT2D eigenvalue weighted by Gasteiger charge is 2.25. The fourth-order valence-corrected chi connectivity index (χ4v) is 4.99. The highest BCUT2D eigenvalue weighted by atomic mass is 32.2. The van der Waals surface area contributed by atoms with Crippen LogP contribution in [0.15, 0.2) is 114 Å². The molecule has 4 rings (SSSR count). The van der Waals surface area contributed by atoms with Crippen molar-refractivity contribution in [1.29, 1.82) is 0 Å². The summed E-state index contributed by atoms with van der Waals surface area (Å²) in [5.41, 5.74) is 2.42. The van der Waals surface area contributed by atoms with Crippen molar-refractivity contribution in [1.82, 2.24) is 4.72 Å². The van der Waals surface area contributed by atoms with Gasteiger partial charge >= 0.3 is 0 Å². The van der Waals surface area contributed by atoms with Crippen LogP contribution in [0.25, 0.3) is 0 Å². The second-order valence-electron chi connectivity index (χ2n) is 7.99. The van der Waals surface area contributed by atoms with Crippen LogP contribution in [0.3, 0.4) is 0 Å². The van der Waals surface area contributed by atoms with Crippen LogP contribution in [0.2, 0.25) is 0 Å². The van der Waals surface area contributed by atoms with Gasteiger partial charge in [0.25, 0.3) is 5.69 Å². The van der Waals surface area contributed by atoms with Gasteiger partial charge in [0.2, 0.25) is 15.9 Å². The first-order valence-electron chi connectivity index (χ1n) is 11.1. The number of hydrogen-bond donors (Lipinski definition) is 2. The van der Waals surface area contributed by atoms with Gasteiger partial charge in [-0.3, -0.25) is 14.9 Å². The van der Waals surface area contributed by atoms with Crippen LogP contribution in [-0.2, 0) is 21.4 Å². The average Bonchev–Trinajstić information content (AvgIpc) is 2.90. The van der Waals surface area contributed by atoms with Crippen molar-refractivity contribution in [2.45, 2.75) is 17.4 Å². The first-order valence-corrected chi connectivity index (χ1v) is 12.6. The Kier molecular flexibility index (Phi) is 7.53. The number of carbonyl (C=O) groups excluding carboxylic acids is 1. The zero-order valence-electron chi connectivity index (χ0n) is 19.1. The molecule has 0 bridgehead atoms. The summed E-state index contributed by atoms with van der Waals surface area (Å²) in [4.78, 5) is 23.3. The number of amides is 1. The van der Waals surface area contributed by atoms with Gasteiger partial charge < -0.3 is 5.32 Å². The molecular formula is C27H23N3O5S. The van der Waals surface area contributed by atoms with E-state index in [4.69, 9.17) is 0 Å². The van der Waals surface area contributed by atoms with Crippen molar-refractivity contribution in [2.24, 2.45) is 0 Å². The topological polar surface area (TPSA) is 118 Å². The third kappa shape index (κ3) is 5.83. The largest absolute Gasteiger partial charge is 0.325 e. The summed E-state index contributed by atoms with van der Waals surface area (Å²) in [5, 5.41) is 14.1. The fraction of sp³-hybridized carbons (Fsp3) is 0.0741. The van der Waals surface area contributed by atoms with Gasteiger partial charge in [0.05, 0.1) is 10.8 Å². The lowest BCUT2D eigenvalue weighted by Gasteiger charge is -2.18. The fourth-order valence-electron chi connectivity index (χ4n) is 3.80. The summed E-state index contributed by atoms with van der Waals surface area (Å²) in [6, 6.07) is 30.8. The molecule has 0 saturated heterocycles. The number of para-hydroxylation sites is 1. The maximum Gasteiger partial charge on any atom is 0.289 e. The molecule has 0 radical (unpaired) electrons. The molecule has 0 atom stereocenters. The molecule has 0 fully saturated rings. The third-order valence-corrected chi connectivity index (χ3v) is 7.02. The Labute approximate surface area is 208 Å².